The van der Waals surface area contributed by atoms with Gasteiger partial charge in [0, 0.05) is 0 Å². The summed E-state index contributed by atoms with van der Waals surface area (Å²) in [6.45, 7) is 0. The van der Waals surface area contributed by atoms with Crippen LogP contribution in [-0.4, -0.2) is 0 Å². The molecule has 0 saturated carbocycles. The first-order valence-electron chi connectivity index (χ1n) is 4.97. The Kier molecular flexibility index (Phi) is 2.92. The highest BCUT2D eigenvalue weighted by atomic mass is 16.1. The molecule has 0 atom stereocenters. The van der Waals surface area contributed by atoms with Crippen molar-refractivity contribution in [2.24, 2.45) is 0 Å². The summed E-state index contributed by atoms with van der Waals surface area (Å²) in [5, 5.41) is 0. The van der Waals surface area contributed by atoms with Crippen LogP contribution in [0.25, 0.3) is 11.1 Å². The van der Waals surface area contributed by atoms with Gasteiger partial charge in [-0.3, -0.25) is 9.59 Å². The summed E-state index contributed by atoms with van der Waals surface area (Å²) in [5.41, 5.74) is 1.77. The topological polar surface area (TPSA) is 34.1 Å². The van der Waals surface area contributed by atoms with Crippen molar-refractivity contribution >= 4 is 0 Å². The molecule has 2 aromatic rings. The van der Waals surface area contributed by atoms with E-state index in [-0.39, 0.29) is 10.9 Å². The largest absolute Gasteiger partial charge is 0.290 e. The molecule has 78 valence electrons. The van der Waals surface area contributed by atoms with Crippen LogP contribution < -0.4 is 10.9 Å². The highest BCUT2D eigenvalue weighted by Gasteiger charge is 1.93. The van der Waals surface area contributed by atoms with Crippen LogP contribution in [0, 0.1) is 0 Å². The molecule has 0 aliphatic carbocycles. The van der Waals surface area contributed by atoms with Gasteiger partial charge in [0.1, 0.15) is 0 Å². The molecule has 0 heterocycles. The Hall–Kier alpha value is -2.22. The standard InChI is InChI=1S/C14H10O2/c15-13-5-1-3-11(7-9-13)12-4-2-6-14(16)10-8-12/h1-10H. The Morgan fingerprint density at radius 2 is 0.938 bits per heavy atom. The molecule has 0 unspecified atom stereocenters. The molecule has 2 nitrogen and oxygen atoms in total. The van der Waals surface area contributed by atoms with Crippen LogP contribution in [0.5, 0.6) is 0 Å². The van der Waals surface area contributed by atoms with Gasteiger partial charge in [-0.15, -0.1) is 0 Å². The number of rotatable bonds is 1. The predicted octanol–water partition coefficient (Wildman–Crippen LogP) is 2.07. The van der Waals surface area contributed by atoms with E-state index in [0.717, 1.165) is 11.1 Å². The zero-order valence-electron chi connectivity index (χ0n) is 8.59. The van der Waals surface area contributed by atoms with Gasteiger partial charge >= 0.3 is 0 Å². The monoisotopic (exact) mass is 210 g/mol. The number of hydrogen-bond donors (Lipinski definition) is 0. The molecule has 0 saturated heterocycles. The Labute approximate surface area is 92.8 Å². The van der Waals surface area contributed by atoms with Crippen molar-refractivity contribution in [2.75, 3.05) is 0 Å². The summed E-state index contributed by atoms with van der Waals surface area (Å²) < 4.78 is 0. The summed E-state index contributed by atoms with van der Waals surface area (Å²) in [6, 6.07) is 16.7. The highest BCUT2D eigenvalue weighted by Crippen LogP contribution is 2.14. The third-order valence-electron chi connectivity index (χ3n) is 2.26. The fourth-order valence-corrected chi connectivity index (χ4v) is 1.44. The van der Waals surface area contributed by atoms with Crippen LogP contribution in [0.15, 0.2) is 70.3 Å². The smallest absolute Gasteiger partial charge is 0.178 e. The molecule has 16 heavy (non-hydrogen) atoms. The van der Waals surface area contributed by atoms with Gasteiger partial charge in [0.15, 0.2) is 10.9 Å². The van der Waals surface area contributed by atoms with E-state index in [1.54, 1.807) is 24.3 Å². The van der Waals surface area contributed by atoms with E-state index in [1.807, 2.05) is 12.1 Å². The van der Waals surface area contributed by atoms with Gasteiger partial charge in [0.25, 0.3) is 0 Å². The normalized spacial score (nSPS) is 9.75. The van der Waals surface area contributed by atoms with Crippen molar-refractivity contribution in [2.45, 2.75) is 0 Å². The average Bonchev–Trinajstić information content (AvgIpc) is 2.59. The van der Waals surface area contributed by atoms with E-state index >= 15 is 0 Å². The average molecular weight is 210 g/mol. The summed E-state index contributed by atoms with van der Waals surface area (Å²) in [5.74, 6) is 0. The van der Waals surface area contributed by atoms with Crippen LogP contribution in [-0.2, 0) is 0 Å². The Morgan fingerprint density at radius 3 is 1.38 bits per heavy atom. The van der Waals surface area contributed by atoms with Gasteiger partial charge in [-0.05, 0) is 35.4 Å². The van der Waals surface area contributed by atoms with Gasteiger partial charge in [-0.2, -0.15) is 0 Å². The maximum absolute atomic E-state index is 11.1. The molecular formula is C14H10O2. The van der Waals surface area contributed by atoms with Crippen molar-refractivity contribution in [3.05, 3.63) is 81.1 Å². The summed E-state index contributed by atoms with van der Waals surface area (Å²) in [7, 11) is 0. The van der Waals surface area contributed by atoms with Gasteiger partial charge in [-0.25, -0.2) is 0 Å². The first-order chi connectivity index (χ1) is 7.75. The molecule has 2 aromatic carbocycles. The summed E-state index contributed by atoms with van der Waals surface area (Å²) in [4.78, 5) is 22.2. The second-order valence-electron chi connectivity index (χ2n) is 3.43. The SMILES string of the molecule is O=c1cccc(-c2cccc(=O)cc2)cc1. The minimum absolute atomic E-state index is 0.0314. The zero-order valence-corrected chi connectivity index (χ0v) is 8.59. The first-order valence-corrected chi connectivity index (χ1v) is 4.97. The van der Waals surface area contributed by atoms with Crippen molar-refractivity contribution in [1.29, 1.82) is 0 Å². The Bertz CT molecular complexity index is 561. The third kappa shape index (κ3) is 2.42. The van der Waals surface area contributed by atoms with Crippen molar-refractivity contribution in [1.82, 2.24) is 0 Å². The molecule has 0 aliphatic heterocycles. The molecule has 0 aromatic heterocycles. The lowest BCUT2D eigenvalue weighted by molar-refractivity contribution is 1.67. The van der Waals surface area contributed by atoms with Gasteiger partial charge in [-0.1, -0.05) is 36.4 Å². The lowest BCUT2D eigenvalue weighted by atomic mass is 10.1. The van der Waals surface area contributed by atoms with E-state index < -0.39 is 0 Å². The van der Waals surface area contributed by atoms with Crippen molar-refractivity contribution < 1.29 is 0 Å². The van der Waals surface area contributed by atoms with E-state index in [0.29, 0.717) is 0 Å². The molecule has 0 spiro atoms. The minimum atomic E-state index is -0.0314. The maximum atomic E-state index is 11.1. The second-order valence-corrected chi connectivity index (χ2v) is 3.43. The van der Waals surface area contributed by atoms with Crippen molar-refractivity contribution in [3.63, 3.8) is 0 Å². The van der Waals surface area contributed by atoms with E-state index in [9.17, 15) is 9.59 Å². The van der Waals surface area contributed by atoms with Gasteiger partial charge < -0.3 is 0 Å². The van der Waals surface area contributed by atoms with Gasteiger partial charge in [0.2, 0.25) is 0 Å². The fourth-order valence-electron chi connectivity index (χ4n) is 1.44. The third-order valence-corrected chi connectivity index (χ3v) is 2.26. The molecular weight excluding hydrogens is 200 g/mol. The van der Waals surface area contributed by atoms with E-state index in [1.165, 1.54) is 24.3 Å². The molecule has 0 radical (unpaired) electrons. The molecule has 0 N–H and O–H groups in total. The Morgan fingerprint density at radius 1 is 0.500 bits per heavy atom. The molecule has 0 aliphatic rings. The molecule has 0 bridgehead atoms. The maximum Gasteiger partial charge on any atom is 0.178 e. The zero-order chi connectivity index (χ0) is 11.4. The first kappa shape index (κ1) is 10.3. The lowest BCUT2D eigenvalue weighted by Crippen LogP contribution is -1.88. The van der Waals surface area contributed by atoms with Crippen LogP contribution in [0.3, 0.4) is 0 Å². The minimum Gasteiger partial charge on any atom is -0.290 e. The quantitative estimate of drug-likeness (QED) is 0.722. The summed E-state index contributed by atoms with van der Waals surface area (Å²) in [6.07, 6.45) is 0. The highest BCUT2D eigenvalue weighted by molar-refractivity contribution is 5.62. The van der Waals surface area contributed by atoms with Crippen molar-refractivity contribution in [3.8, 4) is 11.1 Å². The second kappa shape index (κ2) is 4.53. The molecule has 2 heteroatoms. The van der Waals surface area contributed by atoms with Gasteiger partial charge in [0.05, 0.1) is 0 Å². The fraction of sp³-hybridized carbons (Fsp3) is 0. The predicted molar refractivity (Wildman–Crippen MR) is 64.4 cm³/mol. The molecule has 0 fully saturated rings. The van der Waals surface area contributed by atoms with E-state index in [2.05, 4.69) is 0 Å². The summed E-state index contributed by atoms with van der Waals surface area (Å²) >= 11 is 0. The molecule has 0 amide bonds. The van der Waals surface area contributed by atoms with Crippen LogP contribution in [0.2, 0.25) is 0 Å². The lowest BCUT2D eigenvalue weighted by Gasteiger charge is -1.93. The molecule has 2 rings (SSSR count). The van der Waals surface area contributed by atoms with Crippen LogP contribution in [0.1, 0.15) is 0 Å². The van der Waals surface area contributed by atoms with E-state index in [4.69, 9.17) is 0 Å². The van der Waals surface area contributed by atoms with Crippen LogP contribution in [0.4, 0.5) is 0 Å². The van der Waals surface area contributed by atoms with Crippen LogP contribution >= 0.6 is 0 Å². The Balaban J connectivity index is 2.60. The number of hydrogen-bond acceptors (Lipinski definition) is 2.